The fraction of sp³-hybridized carbons (Fsp3) is 0. The molecule has 0 N–H and O–H groups in total. The van der Waals surface area contributed by atoms with E-state index in [1.165, 1.54) is 60.4 Å². The summed E-state index contributed by atoms with van der Waals surface area (Å²) >= 11 is 3.79. The summed E-state index contributed by atoms with van der Waals surface area (Å²) in [7, 11) is 0. The van der Waals surface area contributed by atoms with E-state index in [2.05, 4.69) is 165 Å². The second kappa shape index (κ2) is 8.72. The van der Waals surface area contributed by atoms with Crippen LogP contribution in [0.2, 0.25) is 0 Å². The van der Waals surface area contributed by atoms with Crippen molar-refractivity contribution in [1.29, 1.82) is 0 Å². The molecule has 0 atom stereocenters. The van der Waals surface area contributed by atoms with E-state index >= 15 is 0 Å². The standard InChI is InChI=1S/C36H23BrN2/c37-24-21-22-30(36(23-24)39-34-19-9-3-13-27(34)28-14-4-10-20-35(28)39)29-15-5-8-18-33(29)38-31-16-6-1-11-25(31)26-12-2-7-17-32(26)38/h1-23H. The van der Waals surface area contributed by atoms with Crippen molar-refractivity contribution >= 4 is 59.5 Å². The fourth-order valence-corrected chi connectivity index (χ4v) is 6.53. The van der Waals surface area contributed by atoms with Gasteiger partial charge in [0.25, 0.3) is 0 Å². The second-order valence-electron chi connectivity index (χ2n) is 9.92. The molecule has 3 heteroatoms. The van der Waals surface area contributed by atoms with Gasteiger partial charge in [-0.1, -0.05) is 113 Å². The molecule has 0 aliphatic heterocycles. The number of aromatic nitrogens is 2. The van der Waals surface area contributed by atoms with E-state index in [-0.39, 0.29) is 0 Å². The van der Waals surface area contributed by atoms with Crippen LogP contribution in [0.3, 0.4) is 0 Å². The van der Waals surface area contributed by atoms with Crippen molar-refractivity contribution < 1.29 is 0 Å². The van der Waals surface area contributed by atoms with E-state index in [9.17, 15) is 0 Å². The Balaban J connectivity index is 1.48. The molecule has 0 amide bonds. The zero-order chi connectivity index (χ0) is 25.9. The summed E-state index contributed by atoms with van der Waals surface area (Å²) in [6.45, 7) is 0. The highest BCUT2D eigenvalue weighted by Crippen LogP contribution is 2.41. The number of hydrogen-bond acceptors (Lipinski definition) is 0. The molecular weight excluding hydrogens is 540 g/mol. The SMILES string of the molecule is Brc1ccc(-c2ccccc2-n2c3ccccc3c3ccccc32)c(-n2c3ccccc3c3ccccc32)c1. The quantitative estimate of drug-likeness (QED) is 0.202. The van der Waals surface area contributed by atoms with Crippen LogP contribution in [-0.2, 0) is 0 Å². The van der Waals surface area contributed by atoms with Crippen molar-refractivity contribution in [3.63, 3.8) is 0 Å². The van der Waals surface area contributed by atoms with Crippen LogP contribution >= 0.6 is 15.9 Å². The molecule has 0 radical (unpaired) electrons. The molecule has 39 heavy (non-hydrogen) atoms. The number of nitrogens with zero attached hydrogens (tertiary/aromatic N) is 2. The number of rotatable bonds is 3. The molecule has 0 saturated carbocycles. The zero-order valence-electron chi connectivity index (χ0n) is 21.1. The van der Waals surface area contributed by atoms with E-state index < -0.39 is 0 Å². The van der Waals surface area contributed by atoms with Gasteiger partial charge in [0.1, 0.15) is 0 Å². The number of halogens is 1. The lowest BCUT2D eigenvalue weighted by molar-refractivity contribution is 1.16. The Kier molecular flexibility index (Phi) is 5.01. The van der Waals surface area contributed by atoms with E-state index in [1.54, 1.807) is 0 Å². The highest BCUT2D eigenvalue weighted by Gasteiger charge is 2.19. The fourth-order valence-electron chi connectivity index (χ4n) is 6.18. The van der Waals surface area contributed by atoms with Gasteiger partial charge in [-0.05, 0) is 42.5 Å². The molecule has 8 rings (SSSR count). The molecule has 2 heterocycles. The van der Waals surface area contributed by atoms with Crippen LogP contribution in [0.5, 0.6) is 0 Å². The van der Waals surface area contributed by atoms with Crippen molar-refractivity contribution in [2.75, 3.05) is 0 Å². The first-order chi connectivity index (χ1) is 19.3. The van der Waals surface area contributed by atoms with E-state index in [0.717, 1.165) is 10.2 Å². The maximum absolute atomic E-state index is 3.79. The maximum atomic E-state index is 3.79. The summed E-state index contributed by atoms with van der Waals surface area (Å²) in [6, 6.07) is 50.2. The minimum atomic E-state index is 1.05. The summed E-state index contributed by atoms with van der Waals surface area (Å²) < 4.78 is 5.88. The topological polar surface area (TPSA) is 9.86 Å². The highest BCUT2D eigenvalue weighted by molar-refractivity contribution is 9.10. The Hall–Kier alpha value is -4.60. The summed E-state index contributed by atoms with van der Waals surface area (Å²) in [4.78, 5) is 0. The van der Waals surface area contributed by atoms with Gasteiger partial charge in [-0.15, -0.1) is 0 Å². The molecule has 8 aromatic rings. The predicted molar refractivity (Wildman–Crippen MR) is 168 cm³/mol. The van der Waals surface area contributed by atoms with Crippen LogP contribution in [0.4, 0.5) is 0 Å². The Morgan fingerprint density at radius 1 is 0.359 bits per heavy atom. The molecule has 0 spiro atoms. The molecule has 0 saturated heterocycles. The molecule has 0 unspecified atom stereocenters. The van der Waals surface area contributed by atoms with Gasteiger partial charge in [-0.25, -0.2) is 0 Å². The van der Waals surface area contributed by atoms with Gasteiger partial charge in [0.2, 0.25) is 0 Å². The van der Waals surface area contributed by atoms with E-state index in [4.69, 9.17) is 0 Å². The summed E-state index contributed by atoms with van der Waals surface area (Å²) in [5, 5.41) is 5.05. The number of benzene rings is 6. The second-order valence-corrected chi connectivity index (χ2v) is 10.8. The molecular formula is C36H23BrN2. The minimum Gasteiger partial charge on any atom is -0.309 e. The first-order valence-electron chi connectivity index (χ1n) is 13.2. The molecule has 2 nitrogen and oxygen atoms in total. The first-order valence-corrected chi connectivity index (χ1v) is 13.9. The van der Waals surface area contributed by atoms with Gasteiger partial charge in [-0.3, -0.25) is 0 Å². The Morgan fingerprint density at radius 3 is 1.26 bits per heavy atom. The van der Waals surface area contributed by atoms with Gasteiger partial charge < -0.3 is 9.13 Å². The monoisotopic (exact) mass is 562 g/mol. The third-order valence-electron chi connectivity index (χ3n) is 7.80. The Morgan fingerprint density at radius 2 is 0.744 bits per heavy atom. The van der Waals surface area contributed by atoms with Crippen molar-refractivity contribution in [1.82, 2.24) is 9.13 Å². The van der Waals surface area contributed by atoms with E-state index in [1.807, 2.05) is 0 Å². The van der Waals surface area contributed by atoms with Crippen molar-refractivity contribution in [3.05, 3.63) is 144 Å². The maximum Gasteiger partial charge on any atom is 0.0552 e. The highest BCUT2D eigenvalue weighted by atomic mass is 79.9. The molecule has 0 fully saturated rings. The van der Waals surface area contributed by atoms with Gasteiger partial charge in [0.15, 0.2) is 0 Å². The average Bonchev–Trinajstić information content (AvgIpc) is 3.50. The largest absolute Gasteiger partial charge is 0.309 e. The van der Waals surface area contributed by atoms with Crippen molar-refractivity contribution in [3.8, 4) is 22.5 Å². The number of para-hydroxylation sites is 5. The van der Waals surface area contributed by atoms with Crippen LogP contribution in [-0.4, -0.2) is 9.13 Å². The zero-order valence-corrected chi connectivity index (χ0v) is 22.6. The molecule has 0 aliphatic carbocycles. The first kappa shape index (κ1) is 22.4. The third-order valence-corrected chi connectivity index (χ3v) is 8.29. The lowest BCUT2D eigenvalue weighted by Crippen LogP contribution is -2.01. The van der Waals surface area contributed by atoms with Gasteiger partial charge in [0.05, 0.1) is 33.4 Å². The smallest absolute Gasteiger partial charge is 0.0552 e. The van der Waals surface area contributed by atoms with Crippen LogP contribution in [0.25, 0.3) is 66.1 Å². The van der Waals surface area contributed by atoms with Crippen molar-refractivity contribution in [2.45, 2.75) is 0 Å². The van der Waals surface area contributed by atoms with Gasteiger partial charge in [-0.2, -0.15) is 0 Å². The minimum absolute atomic E-state index is 1.05. The third kappa shape index (κ3) is 3.33. The molecule has 184 valence electrons. The van der Waals surface area contributed by atoms with Gasteiger partial charge >= 0.3 is 0 Å². The van der Waals surface area contributed by atoms with E-state index in [0.29, 0.717) is 0 Å². The lowest BCUT2D eigenvalue weighted by Gasteiger charge is -2.19. The molecule has 0 bridgehead atoms. The van der Waals surface area contributed by atoms with Crippen LogP contribution in [0.1, 0.15) is 0 Å². The Bertz CT molecular complexity index is 2090. The normalized spacial score (nSPS) is 11.7. The van der Waals surface area contributed by atoms with Crippen LogP contribution in [0.15, 0.2) is 144 Å². The Labute approximate surface area is 234 Å². The lowest BCUT2D eigenvalue weighted by atomic mass is 10.0. The number of fused-ring (bicyclic) bond motifs is 6. The predicted octanol–water partition coefficient (Wildman–Crippen LogP) is 10.3. The van der Waals surface area contributed by atoms with Gasteiger partial charge in [0, 0.05) is 37.1 Å². The summed E-state index contributed by atoms with van der Waals surface area (Å²) in [5.74, 6) is 0. The summed E-state index contributed by atoms with van der Waals surface area (Å²) in [6.07, 6.45) is 0. The van der Waals surface area contributed by atoms with Crippen LogP contribution < -0.4 is 0 Å². The number of hydrogen-bond donors (Lipinski definition) is 0. The molecule has 6 aromatic carbocycles. The summed E-state index contributed by atoms with van der Waals surface area (Å²) in [5.41, 5.74) is 9.51. The molecule has 2 aromatic heterocycles. The molecule has 0 aliphatic rings. The van der Waals surface area contributed by atoms with Crippen molar-refractivity contribution in [2.24, 2.45) is 0 Å². The van der Waals surface area contributed by atoms with Crippen LogP contribution in [0, 0.1) is 0 Å². The average molecular weight is 563 g/mol.